The fraction of sp³-hybridized carbons (Fsp3) is 0.500. The first kappa shape index (κ1) is 9.63. The summed E-state index contributed by atoms with van der Waals surface area (Å²) in [5.41, 5.74) is -0.162. The maximum absolute atomic E-state index is 11.7. The van der Waals surface area contributed by atoms with Crippen molar-refractivity contribution in [2.24, 2.45) is 0 Å². The Balaban J connectivity index is 2.35. The number of esters is 1. The lowest BCUT2D eigenvalue weighted by Crippen LogP contribution is -2.26. The minimum absolute atomic E-state index is 0.120. The van der Waals surface area contributed by atoms with Crippen molar-refractivity contribution in [2.45, 2.75) is 13.0 Å². The number of rotatable bonds is 2. The second kappa shape index (κ2) is 3.68. The van der Waals surface area contributed by atoms with Gasteiger partial charge in [0.1, 0.15) is 5.69 Å². The fourth-order valence-corrected chi connectivity index (χ4v) is 1.39. The van der Waals surface area contributed by atoms with Crippen LogP contribution in [-0.4, -0.2) is 34.4 Å². The molecule has 1 aliphatic heterocycles. The van der Waals surface area contributed by atoms with Gasteiger partial charge in [-0.3, -0.25) is 14.2 Å². The lowest BCUT2D eigenvalue weighted by molar-refractivity contribution is -0.139. The molecule has 1 N–H and O–H groups in total. The summed E-state index contributed by atoms with van der Waals surface area (Å²) in [6.45, 7) is 1.21. The highest BCUT2D eigenvalue weighted by Gasteiger charge is 2.17. The van der Waals surface area contributed by atoms with Crippen LogP contribution in [0, 0.1) is 0 Å². The van der Waals surface area contributed by atoms with E-state index >= 15 is 0 Å². The van der Waals surface area contributed by atoms with Gasteiger partial charge in [0.2, 0.25) is 5.95 Å². The summed E-state index contributed by atoms with van der Waals surface area (Å²) in [6.07, 6.45) is -0.136. The van der Waals surface area contributed by atoms with Gasteiger partial charge in [-0.05, 0) is 0 Å². The molecule has 0 amide bonds. The largest absolute Gasteiger partial charge is 0.469 e. The van der Waals surface area contributed by atoms with E-state index in [-0.39, 0.29) is 17.7 Å². The predicted molar refractivity (Wildman–Crippen MR) is 50.5 cm³/mol. The summed E-state index contributed by atoms with van der Waals surface area (Å²) < 4.78 is 5.92. The Bertz CT molecular complexity index is 454. The number of aromatic nitrogens is 3. The highest BCUT2D eigenvalue weighted by atomic mass is 16.5. The van der Waals surface area contributed by atoms with Crippen LogP contribution in [-0.2, 0) is 22.5 Å². The molecule has 15 heavy (non-hydrogen) atoms. The molecular weight excluding hydrogens is 200 g/mol. The summed E-state index contributed by atoms with van der Waals surface area (Å²) >= 11 is 0. The number of fused-ring (bicyclic) bond motifs is 1. The number of ether oxygens (including phenoxy) is 1. The van der Waals surface area contributed by atoms with Gasteiger partial charge < -0.3 is 10.1 Å². The Kier molecular flexibility index (Phi) is 2.36. The van der Waals surface area contributed by atoms with Crippen LogP contribution in [0.3, 0.4) is 0 Å². The van der Waals surface area contributed by atoms with Gasteiger partial charge in [-0.25, -0.2) is 0 Å². The van der Waals surface area contributed by atoms with Crippen molar-refractivity contribution < 1.29 is 9.53 Å². The highest BCUT2D eigenvalue weighted by Crippen LogP contribution is 2.05. The maximum atomic E-state index is 11.7. The van der Waals surface area contributed by atoms with E-state index in [9.17, 15) is 9.59 Å². The molecule has 0 spiro atoms. The molecule has 7 heteroatoms. The molecule has 0 unspecified atom stereocenters. The Morgan fingerprint density at radius 2 is 2.40 bits per heavy atom. The van der Waals surface area contributed by atoms with Crippen molar-refractivity contribution in [1.29, 1.82) is 0 Å². The molecular formula is C8H10N4O3. The second-order valence-electron chi connectivity index (χ2n) is 3.11. The molecule has 7 nitrogen and oxygen atoms in total. The number of carbonyl (C=O) groups is 1. The summed E-state index contributed by atoms with van der Waals surface area (Å²) in [4.78, 5) is 22.7. The molecule has 1 aliphatic rings. The van der Waals surface area contributed by atoms with E-state index in [4.69, 9.17) is 0 Å². The average molecular weight is 210 g/mol. The molecule has 2 rings (SSSR count). The van der Waals surface area contributed by atoms with Crippen molar-refractivity contribution in [3.05, 3.63) is 16.0 Å². The standard InChI is InChI=1S/C8H10N4O3/c1-15-6(13)4-5-7(14)12-3-2-9-8(12)11-10-5/h2-4H2,1H3,(H,9,11). The van der Waals surface area contributed by atoms with Crippen LogP contribution in [0.25, 0.3) is 0 Å². The van der Waals surface area contributed by atoms with Crippen LogP contribution in [0.15, 0.2) is 4.79 Å². The normalized spacial score (nSPS) is 13.1. The zero-order valence-electron chi connectivity index (χ0n) is 8.19. The number of hydrogen-bond acceptors (Lipinski definition) is 6. The quantitative estimate of drug-likeness (QED) is 0.616. The molecule has 0 radical (unpaired) electrons. The van der Waals surface area contributed by atoms with Gasteiger partial charge in [0.15, 0.2) is 0 Å². The van der Waals surface area contributed by atoms with Crippen LogP contribution < -0.4 is 10.9 Å². The van der Waals surface area contributed by atoms with Crippen molar-refractivity contribution in [2.75, 3.05) is 19.0 Å². The fourth-order valence-electron chi connectivity index (χ4n) is 1.39. The maximum Gasteiger partial charge on any atom is 0.311 e. The van der Waals surface area contributed by atoms with E-state index in [0.717, 1.165) is 0 Å². The topological polar surface area (TPSA) is 86.1 Å². The molecule has 1 aromatic rings. The highest BCUT2D eigenvalue weighted by molar-refractivity contribution is 5.71. The SMILES string of the molecule is COC(=O)Cc1nnc2n(c1=O)CCN2. The van der Waals surface area contributed by atoms with Gasteiger partial charge in [0, 0.05) is 13.1 Å². The third-order valence-electron chi connectivity index (χ3n) is 2.17. The van der Waals surface area contributed by atoms with E-state index in [2.05, 4.69) is 20.3 Å². The minimum Gasteiger partial charge on any atom is -0.469 e. The molecule has 80 valence electrons. The van der Waals surface area contributed by atoms with E-state index in [0.29, 0.717) is 19.0 Å². The second-order valence-corrected chi connectivity index (χ2v) is 3.11. The molecule has 0 atom stereocenters. The van der Waals surface area contributed by atoms with Crippen LogP contribution in [0.5, 0.6) is 0 Å². The first-order valence-electron chi connectivity index (χ1n) is 4.49. The Labute approximate surface area is 85.1 Å². The van der Waals surface area contributed by atoms with E-state index < -0.39 is 5.97 Å². The Hall–Kier alpha value is -1.92. The molecule has 0 saturated heterocycles. The molecule has 0 aromatic carbocycles. The van der Waals surface area contributed by atoms with Gasteiger partial charge in [-0.2, -0.15) is 0 Å². The smallest absolute Gasteiger partial charge is 0.311 e. The number of hydrogen-bond donors (Lipinski definition) is 1. The van der Waals surface area contributed by atoms with Crippen molar-refractivity contribution in [1.82, 2.24) is 14.8 Å². The first-order valence-corrected chi connectivity index (χ1v) is 4.49. The Morgan fingerprint density at radius 1 is 1.60 bits per heavy atom. The minimum atomic E-state index is -0.493. The molecule has 0 saturated carbocycles. The molecule has 0 fully saturated rings. The van der Waals surface area contributed by atoms with E-state index in [1.807, 2.05) is 0 Å². The van der Waals surface area contributed by atoms with Gasteiger partial charge in [-0.15, -0.1) is 10.2 Å². The van der Waals surface area contributed by atoms with Gasteiger partial charge in [0.25, 0.3) is 5.56 Å². The monoisotopic (exact) mass is 210 g/mol. The number of anilines is 1. The van der Waals surface area contributed by atoms with Crippen molar-refractivity contribution >= 4 is 11.9 Å². The third kappa shape index (κ3) is 1.67. The zero-order valence-corrected chi connectivity index (χ0v) is 8.19. The van der Waals surface area contributed by atoms with Crippen LogP contribution in [0.2, 0.25) is 0 Å². The first-order chi connectivity index (χ1) is 7.22. The lowest BCUT2D eigenvalue weighted by Gasteiger charge is -2.02. The van der Waals surface area contributed by atoms with Crippen LogP contribution in [0.4, 0.5) is 5.95 Å². The van der Waals surface area contributed by atoms with Crippen LogP contribution >= 0.6 is 0 Å². The van der Waals surface area contributed by atoms with Crippen molar-refractivity contribution in [3.8, 4) is 0 Å². The van der Waals surface area contributed by atoms with Gasteiger partial charge in [0.05, 0.1) is 13.5 Å². The molecule has 1 aromatic heterocycles. The van der Waals surface area contributed by atoms with Gasteiger partial charge in [-0.1, -0.05) is 0 Å². The number of nitrogens with one attached hydrogen (secondary N) is 1. The Morgan fingerprint density at radius 3 is 3.13 bits per heavy atom. The third-order valence-corrected chi connectivity index (χ3v) is 2.17. The number of carbonyl (C=O) groups excluding carboxylic acids is 1. The number of methoxy groups -OCH3 is 1. The van der Waals surface area contributed by atoms with Crippen LogP contribution in [0.1, 0.15) is 5.69 Å². The van der Waals surface area contributed by atoms with Gasteiger partial charge >= 0.3 is 5.97 Å². The molecule has 2 heterocycles. The lowest BCUT2D eigenvalue weighted by atomic mass is 10.3. The van der Waals surface area contributed by atoms with E-state index in [1.54, 1.807) is 0 Å². The number of nitrogens with zero attached hydrogens (tertiary/aromatic N) is 3. The molecule has 0 bridgehead atoms. The predicted octanol–water partition coefficient (Wildman–Crippen LogP) is -1.22. The molecule has 0 aliphatic carbocycles. The summed E-state index contributed by atoms with van der Waals surface area (Å²) in [5, 5.41) is 10.4. The van der Waals surface area contributed by atoms with Crippen molar-refractivity contribution in [3.63, 3.8) is 0 Å². The summed E-state index contributed by atoms with van der Waals surface area (Å²) in [6, 6.07) is 0. The summed E-state index contributed by atoms with van der Waals surface area (Å²) in [5.74, 6) is -0.0403. The zero-order chi connectivity index (χ0) is 10.8. The van der Waals surface area contributed by atoms with E-state index in [1.165, 1.54) is 11.7 Å². The average Bonchev–Trinajstić information content (AvgIpc) is 2.70. The summed E-state index contributed by atoms with van der Waals surface area (Å²) in [7, 11) is 1.27.